The molecule has 1 N–H and O–H groups in total. The normalized spacial score (nSPS) is 12.6. The van der Waals surface area contributed by atoms with Crippen molar-refractivity contribution in [2.75, 3.05) is 6.54 Å². The Morgan fingerprint density at radius 1 is 1.10 bits per heavy atom. The molecule has 3 nitrogen and oxygen atoms in total. The van der Waals surface area contributed by atoms with Gasteiger partial charge in [-0.05, 0) is 45.4 Å². The minimum atomic E-state index is 0.458. The molecular weight excluding hydrogens is 258 g/mol. The van der Waals surface area contributed by atoms with Crippen LogP contribution in [-0.2, 0) is 19.4 Å². The van der Waals surface area contributed by atoms with Crippen molar-refractivity contribution < 1.29 is 0 Å². The summed E-state index contributed by atoms with van der Waals surface area (Å²) in [6.45, 7) is 10.5. The number of benzene rings is 1. The van der Waals surface area contributed by atoms with Crippen molar-refractivity contribution in [2.24, 2.45) is 0 Å². The number of nitrogens with zero attached hydrogens (tertiary/aromatic N) is 2. The molecule has 0 bridgehead atoms. The summed E-state index contributed by atoms with van der Waals surface area (Å²) in [6.07, 6.45) is 2.08. The highest BCUT2D eigenvalue weighted by Gasteiger charge is 2.13. The quantitative estimate of drug-likeness (QED) is 0.846. The maximum Gasteiger partial charge on any atom is 0.0596 e. The molecule has 1 unspecified atom stereocenters. The molecule has 0 aliphatic rings. The summed E-state index contributed by atoms with van der Waals surface area (Å²) in [4.78, 5) is 0. The molecular formula is C18H27N3. The molecule has 2 rings (SSSR count). The molecule has 1 aromatic carbocycles. The summed E-state index contributed by atoms with van der Waals surface area (Å²) in [5, 5.41) is 8.16. The Bertz CT molecular complexity index is 554. The third kappa shape index (κ3) is 4.43. The van der Waals surface area contributed by atoms with E-state index in [1.807, 2.05) is 0 Å². The molecule has 0 saturated carbocycles. The highest BCUT2D eigenvalue weighted by Crippen LogP contribution is 2.12. The van der Waals surface area contributed by atoms with Crippen molar-refractivity contribution in [1.82, 2.24) is 15.1 Å². The number of likely N-dealkylation sites (N-methyl/N-ethyl adjacent to an activating group) is 1. The van der Waals surface area contributed by atoms with Crippen LogP contribution in [0.5, 0.6) is 0 Å². The van der Waals surface area contributed by atoms with E-state index >= 15 is 0 Å². The number of aryl methyl sites for hydroxylation is 3. The zero-order valence-electron chi connectivity index (χ0n) is 13.7. The minimum absolute atomic E-state index is 0.458. The molecule has 1 aromatic heterocycles. The van der Waals surface area contributed by atoms with Gasteiger partial charge in [0.1, 0.15) is 0 Å². The highest BCUT2D eigenvalue weighted by molar-refractivity contribution is 5.22. The first kappa shape index (κ1) is 15.8. The van der Waals surface area contributed by atoms with Crippen molar-refractivity contribution in [3.05, 3.63) is 52.8 Å². The van der Waals surface area contributed by atoms with E-state index in [1.165, 1.54) is 16.8 Å². The van der Waals surface area contributed by atoms with Gasteiger partial charge in [-0.25, -0.2) is 0 Å². The Kier molecular flexibility index (Phi) is 5.57. The Hall–Kier alpha value is -1.61. The average molecular weight is 285 g/mol. The van der Waals surface area contributed by atoms with Crippen LogP contribution in [0.2, 0.25) is 0 Å². The Morgan fingerprint density at radius 2 is 1.81 bits per heavy atom. The molecule has 21 heavy (non-hydrogen) atoms. The largest absolute Gasteiger partial charge is 0.314 e. The van der Waals surface area contributed by atoms with Crippen LogP contribution in [0.4, 0.5) is 0 Å². The lowest BCUT2D eigenvalue weighted by Crippen LogP contribution is -2.33. The minimum Gasteiger partial charge on any atom is -0.314 e. The third-order valence-electron chi connectivity index (χ3n) is 3.84. The van der Waals surface area contributed by atoms with Crippen LogP contribution in [0.1, 0.15) is 36.4 Å². The van der Waals surface area contributed by atoms with Gasteiger partial charge in [-0.2, -0.15) is 5.10 Å². The molecule has 3 heteroatoms. The monoisotopic (exact) mass is 285 g/mol. The summed E-state index contributed by atoms with van der Waals surface area (Å²) in [7, 11) is 0. The van der Waals surface area contributed by atoms with E-state index in [9.17, 15) is 0 Å². The van der Waals surface area contributed by atoms with Crippen LogP contribution in [0.3, 0.4) is 0 Å². The molecule has 0 radical (unpaired) electrons. The van der Waals surface area contributed by atoms with E-state index in [4.69, 9.17) is 0 Å². The van der Waals surface area contributed by atoms with Gasteiger partial charge in [0.05, 0.1) is 5.69 Å². The lowest BCUT2D eigenvalue weighted by atomic mass is 10.0. The lowest BCUT2D eigenvalue weighted by molar-refractivity contribution is 0.495. The molecule has 1 atom stereocenters. The Labute approximate surface area is 128 Å². The fourth-order valence-electron chi connectivity index (χ4n) is 2.80. The molecule has 0 aliphatic carbocycles. The van der Waals surface area contributed by atoms with Crippen LogP contribution in [0.25, 0.3) is 0 Å². The molecule has 1 heterocycles. The number of nitrogens with one attached hydrogen (secondary N) is 1. The lowest BCUT2D eigenvalue weighted by Gasteiger charge is -2.18. The first-order valence-corrected chi connectivity index (χ1v) is 7.94. The number of aromatic nitrogens is 2. The van der Waals surface area contributed by atoms with Crippen LogP contribution < -0.4 is 5.32 Å². The van der Waals surface area contributed by atoms with Crippen molar-refractivity contribution in [3.63, 3.8) is 0 Å². The second-order valence-corrected chi connectivity index (χ2v) is 5.74. The average Bonchev–Trinajstić information content (AvgIpc) is 2.81. The fourth-order valence-corrected chi connectivity index (χ4v) is 2.80. The third-order valence-corrected chi connectivity index (χ3v) is 3.84. The fraction of sp³-hybridized carbons (Fsp3) is 0.500. The smallest absolute Gasteiger partial charge is 0.0596 e. The zero-order valence-corrected chi connectivity index (χ0v) is 13.7. The van der Waals surface area contributed by atoms with Crippen molar-refractivity contribution in [2.45, 2.75) is 53.1 Å². The SMILES string of the molecule is CCNC(Cc1ccc(C)cc1)Cc1cc(C)nn1CC. The van der Waals surface area contributed by atoms with Crippen LogP contribution in [0.15, 0.2) is 30.3 Å². The molecule has 2 aromatic rings. The van der Waals surface area contributed by atoms with E-state index < -0.39 is 0 Å². The van der Waals surface area contributed by atoms with Gasteiger partial charge >= 0.3 is 0 Å². The van der Waals surface area contributed by atoms with Gasteiger partial charge in [0, 0.05) is 24.7 Å². The standard InChI is InChI=1S/C18H27N3/c1-5-19-17(12-16-9-7-14(3)8-10-16)13-18-11-15(4)20-21(18)6-2/h7-11,17,19H,5-6,12-13H2,1-4H3. The van der Waals surface area contributed by atoms with Gasteiger partial charge in [-0.3, -0.25) is 4.68 Å². The van der Waals surface area contributed by atoms with Crippen molar-refractivity contribution >= 4 is 0 Å². The summed E-state index contributed by atoms with van der Waals surface area (Å²) >= 11 is 0. The molecule has 0 fully saturated rings. The Morgan fingerprint density at radius 3 is 2.43 bits per heavy atom. The molecule has 0 aliphatic heterocycles. The van der Waals surface area contributed by atoms with E-state index in [0.717, 1.165) is 31.6 Å². The number of rotatable bonds is 7. The van der Waals surface area contributed by atoms with Gasteiger partial charge < -0.3 is 5.32 Å². The van der Waals surface area contributed by atoms with Gasteiger partial charge in [0.25, 0.3) is 0 Å². The van der Waals surface area contributed by atoms with E-state index in [-0.39, 0.29) is 0 Å². The summed E-state index contributed by atoms with van der Waals surface area (Å²) in [5.74, 6) is 0. The zero-order chi connectivity index (χ0) is 15.2. The Balaban J connectivity index is 2.09. The van der Waals surface area contributed by atoms with Crippen LogP contribution in [0, 0.1) is 13.8 Å². The summed E-state index contributed by atoms with van der Waals surface area (Å²) in [6, 6.07) is 11.5. The van der Waals surface area contributed by atoms with Gasteiger partial charge in [0.2, 0.25) is 0 Å². The maximum atomic E-state index is 4.55. The summed E-state index contributed by atoms with van der Waals surface area (Å²) < 4.78 is 2.12. The van der Waals surface area contributed by atoms with Crippen LogP contribution >= 0.6 is 0 Å². The molecule has 114 valence electrons. The first-order chi connectivity index (χ1) is 10.1. The first-order valence-electron chi connectivity index (χ1n) is 7.94. The molecule has 0 saturated heterocycles. The number of hydrogen-bond donors (Lipinski definition) is 1. The number of hydrogen-bond acceptors (Lipinski definition) is 2. The maximum absolute atomic E-state index is 4.55. The second kappa shape index (κ2) is 7.41. The molecule has 0 spiro atoms. The van der Waals surface area contributed by atoms with Gasteiger partial charge in [-0.15, -0.1) is 0 Å². The topological polar surface area (TPSA) is 29.9 Å². The van der Waals surface area contributed by atoms with E-state index in [2.05, 4.69) is 73.1 Å². The van der Waals surface area contributed by atoms with Crippen molar-refractivity contribution in [1.29, 1.82) is 0 Å². The van der Waals surface area contributed by atoms with Crippen molar-refractivity contribution in [3.8, 4) is 0 Å². The summed E-state index contributed by atoms with van der Waals surface area (Å²) in [5.41, 5.74) is 5.15. The van der Waals surface area contributed by atoms with E-state index in [1.54, 1.807) is 0 Å². The highest BCUT2D eigenvalue weighted by atomic mass is 15.3. The molecule has 0 amide bonds. The van der Waals surface area contributed by atoms with E-state index in [0.29, 0.717) is 6.04 Å². The van der Waals surface area contributed by atoms with Gasteiger partial charge in [0.15, 0.2) is 0 Å². The predicted octanol–water partition coefficient (Wildman–Crippen LogP) is 3.28. The van der Waals surface area contributed by atoms with Gasteiger partial charge in [-0.1, -0.05) is 36.8 Å². The predicted molar refractivity (Wildman–Crippen MR) is 88.7 cm³/mol. The van der Waals surface area contributed by atoms with Crippen LogP contribution in [-0.4, -0.2) is 22.4 Å². The second-order valence-electron chi connectivity index (χ2n) is 5.74.